The molecular formula is C23H30N2O2. The predicted octanol–water partition coefficient (Wildman–Crippen LogP) is 4.76. The number of hydrogen-bond acceptors (Lipinski definition) is 3. The van der Waals surface area contributed by atoms with E-state index in [1.54, 1.807) is 0 Å². The van der Waals surface area contributed by atoms with Gasteiger partial charge in [-0.3, -0.25) is 4.90 Å². The van der Waals surface area contributed by atoms with Gasteiger partial charge < -0.3 is 10.1 Å². The molecule has 2 atom stereocenters. The van der Waals surface area contributed by atoms with Gasteiger partial charge in [-0.25, -0.2) is 4.79 Å². The van der Waals surface area contributed by atoms with Crippen LogP contribution in [-0.4, -0.2) is 35.2 Å². The van der Waals surface area contributed by atoms with Gasteiger partial charge >= 0.3 is 6.09 Å². The van der Waals surface area contributed by atoms with Crippen molar-refractivity contribution in [2.45, 2.75) is 57.8 Å². The van der Waals surface area contributed by atoms with E-state index in [9.17, 15) is 4.79 Å². The van der Waals surface area contributed by atoms with Crippen LogP contribution in [0.1, 0.15) is 51.3 Å². The number of carbonyl (C=O) groups is 1. The summed E-state index contributed by atoms with van der Waals surface area (Å²) in [4.78, 5) is 14.7. The Kier molecular flexibility index (Phi) is 5.85. The van der Waals surface area contributed by atoms with E-state index in [1.807, 2.05) is 32.9 Å². The molecule has 144 valence electrons. The van der Waals surface area contributed by atoms with Crippen LogP contribution in [0.25, 0.3) is 0 Å². The first-order valence-corrected chi connectivity index (χ1v) is 9.74. The van der Waals surface area contributed by atoms with Gasteiger partial charge in [-0.15, -0.1) is 0 Å². The molecular weight excluding hydrogens is 336 g/mol. The summed E-state index contributed by atoms with van der Waals surface area (Å²) in [7, 11) is 0. The molecule has 1 aliphatic heterocycles. The summed E-state index contributed by atoms with van der Waals surface area (Å²) in [5, 5.41) is 3.06. The minimum Gasteiger partial charge on any atom is -0.444 e. The fraction of sp³-hybridized carbons (Fsp3) is 0.435. The van der Waals surface area contributed by atoms with Crippen LogP contribution < -0.4 is 5.32 Å². The molecule has 2 aromatic rings. The monoisotopic (exact) mass is 366 g/mol. The Labute approximate surface area is 162 Å². The van der Waals surface area contributed by atoms with Gasteiger partial charge in [0.15, 0.2) is 0 Å². The minimum atomic E-state index is -0.480. The summed E-state index contributed by atoms with van der Waals surface area (Å²) in [6.07, 6.45) is 0.637. The summed E-state index contributed by atoms with van der Waals surface area (Å²) in [6, 6.07) is 21.7. The molecule has 4 nitrogen and oxygen atoms in total. The molecule has 1 aliphatic rings. The Balaban J connectivity index is 1.78. The molecule has 1 saturated heterocycles. The molecule has 0 aliphatic carbocycles. The topological polar surface area (TPSA) is 41.6 Å². The molecule has 0 aromatic heterocycles. The number of rotatable bonds is 5. The quantitative estimate of drug-likeness (QED) is 0.829. The average molecular weight is 367 g/mol. The molecule has 0 radical (unpaired) electrons. The summed E-state index contributed by atoms with van der Waals surface area (Å²) in [5.41, 5.74) is 2.07. The van der Waals surface area contributed by atoms with Crippen molar-refractivity contribution in [1.29, 1.82) is 0 Å². The van der Waals surface area contributed by atoms with Crippen LogP contribution in [0, 0.1) is 0 Å². The molecule has 1 heterocycles. The van der Waals surface area contributed by atoms with Gasteiger partial charge in [-0.1, -0.05) is 67.6 Å². The third-order valence-electron chi connectivity index (χ3n) is 4.98. The van der Waals surface area contributed by atoms with E-state index < -0.39 is 5.60 Å². The standard InChI is InChI=1S/C23H30N2O2/c1-5-20-19(24-22(26)27-23(2,3)4)16-25(20)21(17-12-8-6-9-13-17)18-14-10-7-11-15-18/h6-15,19-21H,5,16H2,1-4H3,(H,24,26). The number of likely N-dealkylation sites (tertiary alicyclic amines) is 1. The molecule has 1 fully saturated rings. The molecule has 2 aromatic carbocycles. The van der Waals surface area contributed by atoms with Crippen molar-refractivity contribution in [2.24, 2.45) is 0 Å². The second kappa shape index (κ2) is 8.13. The summed E-state index contributed by atoms with van der Waals surface area (Å²) in [6.45, 7) is 8.65. The number of ether oxygens (including phenoxy) is 1. The number of alkyl carbamates (subject to hydrolysis) is 1. The Hall–Kier alpha value is -2.33. The van der Waals surface area contributed by atoms with Gasteiger partial charge in [-0.05, 0) is 38.3 Å². The zero-order chi connectivity index (χ0) is 19.4. The van der Waals surface area contributed by atoms with Crippen LogP contribution in [0.4, 0.5) is 4.79 Å². The van der Waals surface area contributed by atoms with E-state index in [1.165, 1.54) is 11.1 Å². The van der Waals surface area contributed by atoms with E-state index in [0.717, 1.165) is 13.0 Å². The maximum absolute atomic E-state index is 12.2. The minimum absolute atomic E-state index is 0.111. The molecule has 0 bridgehead atoms. The van der Waals surface area contributed by atoms with Crippen LogP contribution in [0.2, 0.25) is 0 Å². The first-order chi connectivity index (χ1) is 12.9. The lowest BCUT2D eigenvalue weighted by atomic mass is 9.86. The van der Waals surface area contributed by atoms with E-state index in [-0.39, 0.29) is 24.2 Å². The fourth-order valence-corrected chi connectivity index (χ4v) is 3.84. The maximum atomic E-state index is 12.2. The Morgan fingerprint density at radius 3 is 2.04 bits per heavy atom. The highest BCUT2D eigenvalue weighted by atomic mass is 16.6. The molecule has 0 saturated carbocycles. The van der Waals surface area contributed by atoms with E-state index in [4.69, 9.17) is 4.74 Å². The summed E-state index contributed by atoms with van der Waals surface area (Å²) < 4.78 is 5.43. The van der Waals surface area contributed by atoms with Gasteiger partial charge in [0.2, 0.25) is 0 Å². The Morgan fingerprint density at radius 1 is 1.07 bits per heavy atom. The van der Waals surface area contributed by atoms with Crippen molar-refractivity contribution in [2.75, 3.05) is 6.54 Å². The first kappa shape index (κ1) is 19.4. The van der Waals surface area contributed by atoms with Crippen molar-refractivity contribution in [3.05, 3.63) is 71.8 Å². The highest BCUT2D eigenvalue weighted by Crippen LogP contribution is 2.37. The summed E-state index contributed by atoms with van der Waals surface area (Å²) in [5.74, 6) is 0. The molecule has 27 heavy (non-hydrogen) atoms. The lowest BCUT2D eigenvalue weighted by molar-refractivity contribution is -0.000582. The Morgan fingerprint density at radius 2 is 1.59 bits per heavy atom. The molecule has 0 spiro atoms. The van der Waals surface area contributed by atoms with Crippen LogP contribution in [-0.2, 0) is 4.74 Å². The van der Waals surface area contributed by atoms with Gasteiger partial charge in [0.25, 0.3) is 0 Å². The lowest BCUT2D eigenvalue weighted by Gasteiger charge is -2.52. The van der Waals surface area contributed by atoms with Gasteiger partial charge in [0.1, 0.15) is 5.60 Å². The molecule has 4 heteroatoms. The highest BCUT2D eigenvalue weighted by molar-refractivity contribution is 5.68. The third kappa shape index (κ3) is 4.69. The second-order valence-electron chi connectivity index (χ2n) is 8.15. The molecule has 1 N–H and O–H groups in total. The number of amides is 1. The number of carbonyl (C=O) groups excluding carboxylic acids is 1. The number of nitrogens with one attached hydrogen (secondary N) is 1. The third-order valence-corrected chi connectivity index (χ3v) is 4.98. The smallest absolute Gasteiger partial charge is 0.407 e. The number of hydrogen-bond donors (Lipinski definition) is 1. The van der Waals surface area contributed by atoms with Gasteiger partial charge in [0.05, 0.1) is 12.1 Å². The first-order valence-electron chi connectivity index (χ1n) is 9.74. The van der Waals surface area contributed by atoms with Crippen LogP contribution in [0.3, 0.4) is 0 Å². The van der Waals surface area contributed by atoms with Crippen molar-refractivity contribution in [3.63, 3.8) is 0 Å². The van der Waals surface area contributed by atoms with E-state index in [0.29, 0.717) is 0 Å². The molecule has 3 rings (SSSR count). The lowest BCUT2D eigenvalue weighted by Crippen LogP contribution is -2.67. The van der Waals surface area contributed by atoms with Crippen molar-refractivity contribution < 1.29 is 9.53 Å². The second-order valence-corrected chi connectivity index (χ2v) is 8.15. The molecule has 1 amide bonds. The zero-order valence-corrected chi connectivity index (χ0v) is 16.7. The summed E-state index contributed by atoms with van der Waals surface area (Å²) >= 11 is 0. The fourth-order valence-electron chi connectivity index (χ4n) is 3.84. The normalized spacial score (nSPS) is 20.2. The Bertz CT molecular complexity index is 700. The predicted molar refractivity (Wildman–Crippen MR) is 109 cm³/mol. The van der Waals surface area contributed by atoms with Gasteiger partial charge in [-0.2, -0.15) is 0 Å². The number of benzene rings is 2. The number of nitrogens with zero attached hydrogens (tertiary/aromatic N) is 1. The highest BCUT2D eigenvalue weighted by Gasteiger charge is 2.43. The zero-order valence-electron chi connectivity index (χ0n) is 16.7. The largest absolute Gasteiger partial charge is 0.444 e. The van der Waals surface area contributed by atoms with Crippen molar-refractivity contribution in [1.82, 2.24) is 10.2 Å². The van der Waals surface area contributed by atoms with Crippen LogP contribution >= 0.6 is 0 Å². The SMILES string of the molecule is CCC1C(NC(=O)OC(C)(C)C)CN1C(c1ccccc1)c1ccccc1. The van der Waals surface area contributed by atoms with Crippen molar-refractivity contribution in [3.8, 4) is 0 Å². The van der Waals surface area contributed by atoms with E-state index >= 15 is 0 Å². The van der Waals surface area contributed by atoms with Crippen molar-refractivity contribution >= 4 is 6.09 Å². The average Bonchev–Trinajstić information content (AvgIpc) is 2.61. The van der Waals surface area contributed by atoms with Crippen LogP contribution in [0.15, 0.2) is 60.7 Å². The van der Waals surface area contributed by atoms with Crippen LogP contribution in [0.5, 0.6) is 0 Å². The maximum Gasteiger partial charge on any atom is 0.407 e. The van der Waals surface area contributed by atoms with Gasteiger partial charge in [0, 0.05) is 12.6 Å². The molecule has 2 unspecified atom stereocenters. The van der Waals surface area contributed by atoms with E-state index in [2.05, 4.69) is 65.7 Å².